The SMILES string of the molecule is CN1CCCC1CNc1cccc2nccn12. The average Bonchev–Trinajstić information content (AvgIpc) is 2.95. The summed E-state index contributed by atoms with van der Waals surface area (Å²) in [5.74, 6) is 1.13. The summed E-state index contributed by atoms with van der Waals surface area (Å²) < 4.78 is 2.09. The molecule has 1 aliphatic rings. The molecule has 0 spiro atoms. The molecule has 0 radical (unpaired) electrons. The minimum atomic E-state index is 0.661. The summed E-state index contributed by atoms with van der Waals surface area (Å²) in [4.78, 5) is 6.72. The van der Waals surface area contributed by atoms with E-state index in [-0.39, 0.29) is 0 Å². The molecule has 90 valence electrons. The van der Waals surface area contributed by atoms with Crippen molar-refractivity contribution in [3.63, 3.8) is 0 Å². The van der Waals surface area contributed by atoms with Crippen molar-refractivity contribution in [3.8, 4) is 0 Å². The van der Waals surface area contributed by atoms with Crippen LogP contribution < -0.4 is 5.32 Å². The number of imidazole rings is 1. The summed E-state index contributed by atoms with van der Waals surface area (Å²) in [5.41, 5.74) is 0.995. The maximum absolute atomic E-state index is 4.29. The number of hydrogen-bond donors (Lipinski definition) is 1. The molecule has 1 saturated heterocycles. The maximum atomic E-state index is 4.29. The van der Waals surface area contributed by atoms with E-state index in [4.69, 9.17) is 0 Å². The van der Waals surface area contributed by atoms with Gasteiger partial charge in [0.1, 0.15) is 11.5 Å². The van der Waals surface area contributed by atoms with E-state index in [1.807, 2.05) is 24.5 Å². The third-order valence-electron chi connectivity index (χ3n) is 3.62. The number of pyridine rings is 1. The number of hydrogen-bond acceptors (Lipinski definition) is 3. The van der Waals surface area contributed by atoms with Gasteiger partial charge in [-0.05, 0) is 38.6 Å². The first-order valence-electron chi connectivity index (χ1n) is 6.21. The highest BCUT2D eigenvalue weighted by molar-refractivity contribution is 5.49. The largest absolute Gasteiger partial charge is 0.370 e. The van der Waals surface area contributed by atoms with E-state index >= 15 is 0 Å². The molecule has 1 N–H and O–H groups in total. The van der Waals surface area contributed by atoms with Crippen molar-refractivity contribution in [3.05, 3.63) is 30.6 Å². The Morgan fingerprint density at radius 3 is 3.24 bits per heavy atom. The van der Waals surface area contributed by atoms with Gasteiger partial charge in [-0.3, -0.25) is 4.40 Å². The Kier molecular flexibility index (Phi) is 2.73. The third kappa shape index (κ3) is 2.00. The second kappa shape index (κ2) is 4.37. The predicted octanol–water partition coefficient (Wildman–Crippen LogP) is 1.84. The number of anilines is 1. The fraction of sp³-hybridized carbons (Fsp3) is 0.462. The van der Waals surface area contributed by atoms with E-state index in [0.29, 0.717) is 6.04 Å². The summed E-state index contributed by atoms with van der Waals surface area (Å²) in [6.45, 7) is 2.23. The molecule has 0 aliphatic carbocycles. The second-order valence-corrected chi connectivity index (χ2v) is 4.72. The first kappa shape index (κ1) is 10.6. The van der Waals surface area contributed by atoms with Crippen molar-refractivity contribution in [2.75, 3.05) is 25.5 Å². The van der Waals surface area contributed by atoms with Crippen LogP contribution in [-0.2, 0) is 0 Å². The fourth-order valence-electron chi connectivity index (χ4n) is 2.55. The summed E-state index contributed by atoms with van der Waals surface area (Å²) in [6.07, 6.45) is 6.44. The Hall–Kier alpha value is -1.55. The second-order valence-electron chi connectivity index (χ2n) is 4.72. The van der Waals surface area contributed by atoms with E-state index in [0.717, 1.165) is 18.0 Å². The van der Waals surface area contributed by atoms with Crippen molar-refractivity contribution < 1.29 is 0 Å². The highest BCUT2D eigenvalue weighted by atomic mass is 15.2. The van der Waals surface area contributed by atoms with Crippen molar-refractivity contribution in [1.82, 2.24) is 14.3 Å². The van der Waals surface area contributed by atoms with Crippen LogP contribution in [-0.4, -0.2) is 40.5 Å². The van der Waals surface area contributed by atoms with Crippen molar-refractivity contribution >= 4 is 11.5 Å². The van der Waals surface area contributed by atoms with Crippen LogP contribution in [0.1, 0.15) is 12.8 Å². The molecule has 2 aromatic heterocycles. The lowest BCUT2D eigenvalue weighted by atomic mass is 10.2. The number of nitrogens with one attached hydrogen (secondary N) is 1. The smallest absolute Gasteiger partial charge is 0.138 e. The minimum Gasteiger partial charge on any atom is -0.370 e. The zero-order valence-electron chi connectivity index (χ0n) is 10.1. The van der Waals surface area contributed by atoms with Gasteiger partial charge in [-0.2, -0.15) is 0 Å². The first-order valence-corrected chi connectivity index (χ1v) is 6.21. The lowest BCUT2D eigenvalue weighted by Crippen LogP contribution is -2.31. The zero-order chi connectivity index (χ0) is 11.7. The van der Waals surface area contributed by atoms with Gasteiger partial charge >= 0.3 is 0 Å². The fourth-order valence-corrected chi connectivity index (χ4v) is 2.55. The Labute approximate surface area is 101 Å². The topological polar surface area (TPSA) is 32.6 Å². The molecule has 4 nitrogen and oxygen atoms in total. The van der Waals surface area contributed by atoms with Crippen LogP contribution in [0.4, 0.5) is 5.82 Å². The minimum absolute atomic E-state index is 0.661. The van der Waals surface area contributed by atoms with E-state index in [9.17, 15) is 0 Å². The van der Waals surface area contributed by atoms with Crippen molar-refractivity contribution in [2.45, 2.75) is 18.9 Å². The van der Waals surface area contributed by atoms with Gasteiger partial charge in [0.05, 0.1) is 0 Å². The van der Waals surface area contributed by atoms with Crippen LogP contribution in [0.25, 0.3) is 5.65 Å². The Bertz CT molecular complexity index is 505. The molecule has 1 unspecified atom stereocenters. The van der Waals surface area contributed by atoms with Crippen LogP contribution in [0.3, 0.4) is 0 Å². The predicted molar refractivity (Wildman–Crippen MR) is 69.3 cm³/mol. The van der Waals surface area contributed by atoms with Crippen molar-refractivity contribution in [1.29, 1.82) is 0 Å². The lowest BCUT2D eigenvalue weighted by molar-refractivity contribution is 0.322. The molecular formula is C13H18N4. The maximum Gasteiger partial charge on any atom is 0.138 e. The normalized spacial score (nSPS) is 21.1. The molecule has 1 fully saturated rings. The summed E-state index contributed by atoms with van der Waals surface area (Å²) in [6, 6.07) is 6.83. The Morgan fingerprint density at radius 1 is 1.47 bits per heavy atom. The zero-order valence-corrected chi connectivity index (χ0v) is 10.1. The number of nitrogens with zero attached hydrogens (tertiary/aromatic N) is 3. The van der Waals surface area contributed by atoms with Crippen LogP contribution in [0.2, 0.25) is 0 Å². The molecule has 0 bridgehead atoms. The van der Waals surface area contributed by atoms with E-state index in [2.05, 4.69) is 32.7 Å². The van der Waals surface area contributed by atoms with Gasteiger partial charge in [-0.15, -0.1) is 0 Å². The molecule has 1 atom stereocenters. The van der Waals surface area contributed by atoms with Crippen LogP contribution in [0.5, 0.6) is 0 Å². The van der Waals surface area contributed by atoms with E-state index < -0.39 is 0 Å². The van der Waals surface area contributed by atoms with Gasteiger partial charge in [0.2, 0.25) is 0 Å². The Morgan fingerprint density at radius 2 is 2.41 bits per heavy atom. The van der Waals surface area contributed by atoms with Gasteiger partial charge < -0.3 is 10.2 Å². The van der Waals surface area contributed by atoms with Gasteiger partial charge in [-0.1, -0.05) is 6.07 Å². The number of rotatable bonds is 3. The molecule has 0 amide bonds. The number of likely N-dealkylation sites (N-methyl/N-ethyl adjacent to an activating group) is 1. The molecule has 17 heavy (non-hydrogen) atoms. The van der Waals surface area contributed by atoms with Gasteiger partial charge in [-0.25, -0.2) is 4.98 Å². The van der Waals surface area contributed by atoms with Crippen LogP contribution >= 0.6 is 0 Å². The van der Waals surface area contributed by atoms with E-state index in [1.54, 1.807) is 0 Å². The highest BCUT2D eigenvalue weighted by Gasteiger charge is 2.20. The quantitative estimate of drug-likeness (QED) is 0.873. The average molecular weight is 230 g/mol. The molecule has 4 heteroatoms. The number of aromatic nitrogens is 2. The Balaban J connectivity index is 1.74. The number of likely N-dealkylation sites (tertiary alicyclic amines) is 1. The van der Waals surface area contributed by atoms with Gasteiger partial charge in [0.25, 0.3) is 0 Å². The molecule has 0 aromatic carbocycles. The monoisotopic (exact) mass is 230 g/mol. The van der Waals surface area contributed by atoms with E-state index in [1.165, 1.54) is 19.4 Å². The molecule has 3 heterocycles. The number of fused-ring (bicyclic) bond motifs is 1. The third-order valence-corrected chi connectivity index (χ3v) is 3.62. The highest BCUT2D eigenvalue weighted by Crippen LogP contribution is 2.16. The standard InChI is InChI=1S/C13H18N4/c1-16-8-3-4-11(16)10-15-13-6-2-5-12-14-7-9-17(12)13/h2,5-7,9,11,15H,3-4,8,10H2,1H3. The summed E-state index contributed by atoms with van der Waals surface area (Å²) in [5, 5.41) is 3.53. The van der Waals surface area contributed by atoms with Crippen molar-refractivity contribution in [2.24, 2.45) is 0 Å². The van der Waals surface area contributed by atoms with Gasteiger partial charge in [0.15, 0.2) is 0 Å². The van der Waals surface area contributed by atoms with Crippen LogP contribution in [0.15, 0.2) is 30.6 Å². The molecule has 2 aromatic rings. The summed E-state index contributed by atoms with van der Waals surface area (Å²) >= 11 is 0. The molecular weight excluding hydrogens is 212 g/mol. The summed E-state index contributed by atoms with van der Waals surface area (Å²) in [7, 11) is 2.21. The molecule has 1 aliphatic heterocycles. The first-order chi connectivity index (χ1) is 8.34. The lowest BCUT2D eigenvalue weighted by Gasteiger charge is -2.20. The van der Waals surface area contributed by atoms with Gasteiger partial charge in [0, 0.05) is 25.0 Å². The molecule has 3 rings (SSSR count). The molecule has 0 saturated carbocycles. The van der Waals surface area contributed by atoms with Crippen LogP contribution in [0, 0.1) is 0 Å².